The van der Waals surface area contributed by atoms with Gasteiger partial charge in [0.15, 0.2) is 6.29 Å². The molecule has 0 fully saturated rings. The lowest BCUT2D eigenvalue weighted by molar-refractivity contribution is -0.103. The van der Waals surface area contributed by atoms with Crippen LogP contribution >= 0.6 is 11.6 Å². The molecule has 0 N–H and O–H groups in total. The first kappa shape index (κ1) is 16.3. The van der Waals surface area contributed by atoms with Gasteiger partial charge in [-0.2, -0.15) is 0 Å². The van der Waals surface area contributed by atoms with E-state index >= 15 is 0 Å². The SMILES string of the molecule is CN(C)CC(=C(C=O)c1cccc(F)c1)c1ccc(Cl)nc1. The van der Waals surface area contributed by atoms with Gasteiger partial charge in [-0.15, -0.1) is 0 Å². The normalized spacial score (nSPS) is 12.2. The Hall–Kier alpha value is -2.04. The predicted molar refractivity (Wildman–Crippen MR) is 87.1 cm³/mol. The maximum absolute atomic E-state index is 13.5. The Morgan fingerprint density at radius 2 is 2.05 bits per heavy atom. The van der Waals surface area contributed by atoms with Gasteiger partial charge < -0.3 is 4.90 Å². The fraction of sp³-hybridized carbons (Fsp3) is 0.176. The number of hydrogen-bond donors (Lipinski definition) is 0. The van der Waals surface area contributed by atoms with Crippen molar-refractivity contribution in [1.82, 2.24) is 9.88 Å². The Balaban J connectivity index is 2.61. The van der Waals surface area contributed by atoms with E-state index in [4.69, 9.17) is 11.6 Å². The van der Waals surface area contributed by atoms with Crippen molar-refractivity contribution >= 4 is 29.0 Å². The molecule has 0 radical (unpaired) electrons. The van der Waals surface area contributed by atoms with Gasteiger partial charge in [0.25, 0.3) is 0 Å². The van der Waals surface area contributed by atoms with Gasteiger partial charge in [0.2, 0.25) is 0 Å². The summed E-state index contributed by atoms with van der Waals surface area (Å²) in [5, 5.41) is 0.381. The van der Waals surface area contributed by atoms with Crippen LogP contribution < -0.4 is 0 Å². The molecule has 0 amide bonds. The molecule has 2 rings (SSSR count). The minimum atomic E-state index is -0.379. The first-order chi connectivity index (χ1) is 10.5. The number of halogens is 2. The molecular weight excluding hydrogens is 303 g/mol. The molecule has 0 saturated heterocycles. The van der Waals surface area contributed by atoms with Crippen molar-refractivity contribution in [2.45, 2.75) is 0 Å². The number of carbonyl (C=O) groups is 1. The largest absolute Gasteiger partial charge is 0.305 e. The van der Waals surface area contributed by atoms with Gasteiger partial charge in [-0.3, -0.25) is 4.79 Å². The lowest BCUT2D eigenvalue weighted by Crippen LogP contribution is -2.16. The number of allylic oxidation sites excluding steroid dienone is 1. The molecule has 0 atom stereocenters. The zero-order valence-electron chi connectivity index (χ0n) is 12.4. The van der Waals surface area contributed by atoms with Crippen LogP contribution in [0.4, 0.5) is 4.39 Å². The summed E-state index contributed by atoms with van der Waals surface area (Å²) in [7, 11) is 3.80. The smallest absolute Gasteiger partial charge is 0.151 e. The zero-order chi connectivity index (χ0) is 16.1. The highest BCUT2D eigenvalue weighted by molar-refractivity contribution is 6.29. The highest BCUT2D eigenvalue weighted by atomic mass is 35.5. The van der Waals surface area contributed by atoms with Gasteiger partial charge >= 0.3 is 0 Å². The summed E-state index contributed by atoms with van der Waals surface area (Å²) in [6, 6.07) is 9.47. The minimum Gasteiger partial charge on any atom is -0.305 e. The van der Waals surface area contributed by atoms with E-state index in [0.29, 0.717) is 22.8 Å². The van der Waals surface area contributed by atoms with Gasteiger partial charge in [0.05, 0.1) is 0 Å². The van der Waals surface area contributed by atoms with E-state index in [1.165, 1.54) is 12.1 Å². The summed E-state index contributed by atoms with van der Waals surface area (Å²) in [6.07, 6.45) is 2.37. The van der Waals surface area contributed by atoms with Gasteiger partial charge in [0, 0.05) is 18.3 Å². The molecular formula is C17H16ClFN2O. The molecule has 0 unspecified atom stereocenters. The maximum atomic E-state index is 13.5. The second kappa shape index (κ2) is 7.29. The molecule has 0 aliphatic carbocycles. The number of pyridine rings is 1. The van der Waals surface area contributed by atoms with Crippen LogP contribution in [0.25, 0.3) is 11.1 Å². The van der Waals surface area contributed by atoms with E-state index in [-0.39, 0.29) is 5.82 Å². The second-order valence-electron chi connectivity index (χ2n) is 5.13. The Bertz CT molecular complexity index is 696. The molecule has 0 spiro atoms. The van der Waals surface area contributed by atoms with Crippen molar-refractivity contribution in [3.8, 4) is 0 Å². The van der Waals surface area contributed by atoms with Gasteiger partial charge in [0.1, 0.15) is 11.0 Å². The van der Waals surface area contributed by atoms with Crippen LogP contribution in [0.2, 0.25) is 5.15 Å². The lowest BCUT2D eigenvalue weighted by Gasteiger charge is -2.17. The molecule has 0 aliphatic heterocycles. The second-order valence-corrected chi connectivity index (χ2v) is 5.52. The molecule has 22 heavy (non-hydrogen) atoms. The molecule has 3 nitrogen and oxygen atoms in total. The summed E-state index contributed by atoms with van der Waals surface area (Å²) in [6.45, 7) is 0.522. The van der Waals surface area contributed by atoms with E-state index in [2.05, 4.69) is 4.98 Å². The Labute approximate surface area is 134 Å². The zero-order valence-corrected chi connectivity index (χ0v) is 13.1. The molecule has 0 aliphatic rings. The molecule has 1 aromatic heterocycles. The summed E-state index contributed by atoms with van der Waals surface area (Å²) in [5.74, 6) is -0.379. The number of rotatable bonds is 5. The predicted octanol–water partition coefficient (Wildman–Crippen LogP) is 3.55. The molecule has 5 heteroatoms. The molecule has 0 bridgehead atoms. The van der Waals surface area contributed by atoms with Gasteiger partial charge in [-0.05, 0) is 49.0 Å². The number of aromatic nitrogens is 1. The number of likely N-dealkylation sites (N-methyl/N-ethyl adjacent to an activating group) is 1. The van der Waals surface area contributed by atoms with Gasteiger partial charge in [-0.25, -0.2) is 9.37 Å². The van der Waals surface area contributed by atoms with Crippen molar-refractivity contribution in [3.05, 3.63) is 64.7 Å². The Morgan fingerprint density at radius 1 is 1.27 bits per heavy atom. The standard InChI is InChI=1S/C17H16ClFN2O/c1-21(2)10-15(13-6-7-17(18)20-9-13)16(11-22)12-4-3-5-14(19)8-12/h3-9,11H,10H2,1-2H3. The fourth-order valence-corrected chi connectivity index (χ4v) is 2.28. The van der Waals surface area contributed by atoms with E-state index in [9.17, 15) is 9.18 Å². The van der Waals surface area contributed by atoms with Crippen LogP contribution in [-0.2, 0) is 4.79 Å². The topological polar surface area (TPSA) is 33.2 Å². The Morgan fingerprint density at radius 3 is 2.59 bits per heavy atom. The minimum absolute atomic E-state index is 0.379. The number of hydrogen-bond acceptors (Lipinski definition) is 3. The highest BCUT2D eigenvalue weighted by Gasteiger charge is 2.13. The van der Waals surface area contributed by atoms with Crippen LogP contribution in [0, 0.1) is 5.82 Å². The third-order valence-electron chi connectivity index (χ3n) is 3.13. The van der Waals surface area contributed by atoms with Crippen LogP contribution in [0.1, 0.15) is 11.1 Å². The first-order valence-corrected chi connectivity index (χ1v) is 7.10. The van der Waals surface area contributed by atoms with Gasteiger partial charge in [-0.1, -0.05) is 29.8 Å². The molecule has 0 saturated carbocycles. The number of benzene rings is 1. The van der Waals surface area contributed by atoms with Crippen molar-refractivity contribution in [2.24, 2.45) is 0 Å². The van der Waals surface area contributed by atoms with E-state index in [0.717, 1.165) is 17.4 Å². The maximum Gasteiger partial charge on any atom is 0.151 e. The quantitative estimate of drug-likeness (QED) is 0.480. The molecule has 114 valence electrons. The van der Waals surface area contributed by atoms with Crippen molar-refractivity contribution in [1.29, 1.82) is 0 Å². The van der Waals surface area contributed by atoms with E-state index in [1.807, 2.05) is 19.0 Å². The number of aldehydes is 1. The van der Waals surface area contributed by atoms with Crippen molar-refractivity contribution in [3.63, 3.8) is 0 Å². The average Bonchev–Trinajstić information content (AvgIpc) is 2.47. The average molecular weight is 319 g/mol. The van der Waals surface area contributed by atoms with E-state index in [1.54, 1.807) is 30.5 Å². The Kier molecular flexibility index (Phi) is 5.41. The summed E-state index contributed by atoms with van der Waals surface area (Å²) < 4.78 is 13.5. The summed E-state index contributed by atoms with van der Waals surface area (Å²) >= 11 is 5.82. The van der Waals surface area contributed by atoms with Crippen LogP contribution in [-0.4, -0.2) is 36.8 Å². The summed E-state index contributed by atoms with van der Waals surface area (Å²) in [4.78, 5) is 17.6. The lowest BCUT2D eigenvalue weighted by atomic mass is 9.96. The number of carbonyl (C=O) groups excluding carboxylic acids is 1. The molecule has 1 aromatic carbocycles. The molecule has 1 heterocycles. The first-order valence-electron chi connectivity index (χ1n) is 6.72. The van der Waals surface area contributed by atoms with Crippen molar-refractivity contribution in [2.75, 3.05) is 20.6 Å². The van der Waals surface area contributed by atoms with E-state index < -0.39 is 0 Å². The fourth-order valence-electron chi connectivity index (χ4n) is 2.17. The highest BCUT2D eigenvalue weighted by Crippen LogP contribution is 2.26. The third kappa shape index (κ3) is 4.00. The molecule has 2 aromatic rings. The van der Waals surface area contributed by atoms with Crippen LogP contribution in [0.5, 0.6) is 0 Å². The monoisotopic (exact) mass is 318 g/mol. The van der Waals surface area contributed by atoms with Crippen LogP contribution in [0.15, 0.2) is 42.6 Å². The third-order valence-corrected chi connectivity index (χ3v) is 3.35. The summed E-state index contributed by atoms with van der Waals surface area (Å²) in [5.41, 5.74) is 2.54. The van der Waals surface area contributed by atoms with Crippen LogP contribution in [0.3, 0.4) is 0 Å². The van der Waals surface area contributed by atoms with Crippen molar-refractivity contribution < 1.29 is 9.18 Å². The number of nitrogens with zero attached hydrogens (tertiary/aromatic N) is 2.